The molecule has 4 rings (SSSR count). The molecule has 0 aliphatic carbocycles. The first-order chi connectivity index (χ1) is 13.3. The Labute approximate surface area is 172 Å². The Morgan fingerprint density at radius 1 is 0.857 bits per heavy atom. The van der Waals surface area contributed by atoms with Crippen LogP contribution >= 0.6 is 12.4 Å². The van der Waals surface area contributed by atoms with Crippen molar-refractivity contribution in [1.29, 1.82) is 0 Å². The van der Waals surface area contributed by atoms with E-state index < -0.39 is 0 Å². The highest BCUT2D eigenvalue weighted by Crippen LogP contribution is 2.22. The van der Waals surface area contributed by atoms with Crippen molar-refractivity contribution in [2.75, 3.05) is 19.7 Å². The average Bonchev–Trinajstić information content (AvgIpc) is 2.71. The van der Waals surface area contributed by atoms with E-state index in [0.29, 0.717) is 12.5 Å². The van der Waals surface area contributed by atoms with Crippen LogP contribution in [0.4, 0.5) is 4.39 Å². The van der Waals surface area contributed by atoms with Gasteiger partial charge in [-0.15, -0.1) is 12.4 Å². The van der Waals surface area contributed by atoms with Crippen LogP contribution < -0.4 is 0 Å². The Morgan fingerprint density at radius 3 is 2.29 bits per heavy atom. The molecule has 1 heterocycles. The minimum Gasteiger partial charge on any atom is -0.376 e. The van der Waals surface area contributed by atoms with Gasteiger partial charge in [0, 0.05) is 13.2 Å². The van der Waals surface area contributed by atoms with Gasteiger partial charge in [0.05, 0.1) is 6.61 Å². The third-order valence-electron chi connectivity index (χ3n) is 5.46. The number of piperidine rings is 1. The summed E-state index contributed by atoms with van der Waals surface area (Å²) in [6.45, 7) is 4.63. The minimum absolute atomic E-state index is 0. The first-order valence-electron chi connectivity index (χ1n) is 9.78. The minimum atomic E-state index is -0.197. The fourth-order valence-corrected chi connectivity index (χ4v) is 3.83. The van der Waals surface area contributed by atoms with Gasteiger partial charge in [-0.3, -0.25) is 4.90 Å². The van der Waals surface area contributed by atoms with Crippen molar-refractivity contribution in [3.63, 3.8) is 0 Å². The van der Waals surface area contributed by atoms with Gasteiger partial charge in [0.2, 0.25) is 0 Å². The topological polar surface area (TPSA) is 12.5 Å². The second kappa shape index (κ2) is 10.0. The van der Waals surface area contributed by atoms with Crippen molar-refractivity contribution in [2.24, 2.45) is 5.92 Å². The Balaban J connectivity index is 0.00000225. The largest absolute Gasteiger partial charge is 0.376 e. The molecule has 1 aliphatic rings. The van der Waals surface area contributed by atoms with Gasteiger partial charge < -0.3 is 4.74 Å². The molecule has 4 heteroatoms. The second-order valence-corrected chi connectivity index (χ2v) is 7.54. The summed E-state index contributed by atoms with van der Waals surface area (Å²) in [5.41, 5.74) is 2.42. The van der Waals surface area contributed by atoms with E-state index in [-0.39, 0.29) is 18.2 Å². The van der Waals surface area contributed by atoms with Crippen molar-refractivity contribution in [2.45, 2.75) is 26.0 Å². The van der Waals surface area contributed by atoms with Gasteiger partial charge in [-0.05, 0) is 71.9 Å². The first-order valence-corrected chi connectivity index (χ1v) is 9.78. The van der Waals surface area contributed by atoms with Gasteiger partial charge in [0.25, 0.3) is 0 Å². The monoisotopic (exact) mass is 399 g/mol. The van der Waals surface area contributed by atoms with E-state index in [1.807, 2.05) is 0 Å². The Bertz CT molecular complexity index is 875. The number of nitrogens with zero attached hydrogens (tertiary/aromatic N) is 1. The lowest BCUT2D eigenvalue weighted by molar-refractivity contribution is 0.0562. The maximum absolute atomic E-state index is 12.9. The van der Waals surface area contributed by atoms with E-state index in [2.05, 4.69) is 47.4 Å². The molecule has 0 unspecified atom stereocenters. The number of halogens is 2. The highest BCUT2D eigenvalue weighted by Gasteiger charge is 2.19. The molecule has 0 saturated carbocycles. The number of hydrogen-bond acceptors (Lipinski definition) is 2. The molecule has 0 radical (unpaired) electrons. The molecule has 1 saturated heterocycles. The molecule has 0 spiro atoms. The molecule has 0 bridgehead atoms. The van der Waals surface area contributed by atoms with E-state index in [0.717, 1.165) is 31.8 Å². The Hall–Kier alpha value is -1.94. The van der Waals surface area contributed by atoms with Crippen molar-refractivity contribution in [3.05, 3.63) is 83.7 Å². The fourth-order valence-electron chi connectivity index (χ4n) is 3.83. The lowest BCUT2D eigenvalue weighted by atomic mass is 9.97. The second-order valence-electron chi connectivity index (χ2n) is 7.54. The summed E-state index contributed by atoms with van der Waals surface area (Å²) in [7, 11) is 0. The van der Waals surface area contributed by atoms with Gasteiger partial charge in [-0.2, -0.15) is 0 Å². The van der Waals surface area contributed by atoms with Crippen LogP contribution in [0.25, 0.3) is 10.8 Å². The molecule has 1 aliphatic heterocycles. The number of fused-ring (bicyclic) bond motifs is 1. The van der Waals surface area contributed by atoms with Gasteiger partial charge in [0.15, 0.2) is 0 Å². The summed E-state index contributed by atoms with van der Waals surface area (Å²) in [4.78, 5) is 2.54. The summed E-state index contributed by atoms with van der Waals surface area (Å²) in [5, 5.41) is 2.62. The zero-order valence-electron chi connectivity index (χ0n) is 16.0. The van der Waals surface area contributed by atoms with Crippen LogP contribution in [0.15, 0.2) is 66.7 Å². The fraction of sp³-hybridized carbons (Fsp3) is 0.333. The maximum atomic E-state index is 12.9. The van der Waals surface area contributed by atoms with Gasteiger partial charge >= 0.3 is 0 Å². The SMILES string of the molecule is Cl.Fc1ccc(COCC2CCN(Cc3ccc4ccccc4c3)CC2)cc1. The van der Waals surface area contributed by atoms with E-state index in [4.69, 9.17) is 4.74 Å². The molecule has 3 aromatic carbocycles. The highest BCUT2D eigenvalue weighted by atomic mass is 35.5. The van der Waals surface area contributed by atoms with E-state index in [1.165, 1.54) is 41.3 Å². The van der Waals surface area contributed by atoms with Gasteiger partial charge in [-0.25, -0.2) is 4.39 Å². The van der Waals surface area contributed by atoms with Crippen LogP contribution in [0, 0.1) is 11.7 Å². The first kappa shape index (κ1) is 20.8. The molecule has 28 heavy (non-hydrogen) atoms. The molecule has 3 aromatic rings. The van der Waals surface area contributed by atoms with Crippen molar-refractivity contribution in [1.82, 2.24) is 4.90 Å². The quantitative estimate of drug-likeness (QED) is 0.517. The van der Waals surface area contributed by atoms with Crippen LogP contribution in [0.1, 0.15) is 24.0 Å². The molecule has 1 fully saturated rings. The lowest BCUT2D eigenvalue weighted by Crippen LogP contribution is -2.34. The number of likely N-dealkylation sites (tertiary alicyclic amines) is 1. The summed E-state index contributed by atoms with van der Waals surface area (Å²) < 4.78 is 18.8. The predicted octanol–water partition coefficient (Wildman–Crippen LogP) is 5.83. The standard InChI is InChI=1S/C24H26FNO.ClH/c25-24-9-6-19(7-10-24)17-27-18-20-11-13-26(14-12-20)16-21-5-8-22-3-1-2-4-23(22)15-21;/h1-10,15,20H,11-14,16-18H2;1H. The zero-order valence-corrected chi connectivity index (χ0v) is 16.8. The van der Waals surface area contributed by atoms with Crippen LogP contribution in [0.2, 0.25) is 0 Å². The molecular weight excluding hydrogens is 373 g/mol. The average molecular weight is 400 g/mol. The van der Waals surface area contributed by atoms with E-state index >= 15 is 0 Å². The summed E-state index contributed by atoms with van der Waals surface area (Å²) >= 11 is 0. The molecule has 148 valence electrons. The van der Waals surface area contributed by atoms with Crippen molar-refractivity contribution < 1.29 is 9.13 Å². The molecule has 0 atom stereocenters. The van der Waals surface area contributed by atoms with E-state index in [9.17, 15) is 4.39 Å². The number of rotatable bonds is 6. The maximum Gasteiger partial charge on any atom is 0.123 e. The predicted molar refractivity (Wildman–Crippen MR) is 115 cm³/mol. The summed E-state index contributed by atoms with van der Waals surface area (Å²) in [5.74, 6) is 0.427. The summed E-state index contributed by atoms with van der Waals surface area (Å²) in [6, 6.07) is 21.9. The molecule has 0 aromatic heterocycles. The van der Waals surface area contributed by atoms with Crippen LogP contribution in [-0.4, -0.2) is 24.6 Å². The zero-order chi connectivity index (χ0) is 18.5. The van der Waals surface area contributed by atoms with Crippen molar-refractivity contribution in [3.8, 4) is 0 Å². The van der Waals surface area contributed by atoms with E-state index in [1.54, 1.807) is 12.1 Å². The third-order valence-corrected chi connectivity index (χ3v) is 5.46. The number of hydrogen-bond donors (Lipinski definition) is 0. The smallest absolute Gasteiger partial charge is 0.123 e. The molecular formula is C24H27ClFNO. The van der Waals surface area contributed by atoms with Crippen molar-refractivity contribution >= 4 is 23.2 Å². The van der Waals surface area contributed by atoms with Gasteiger partial charge in [0.1, 0.15) is 5.82 Å². The molecule has 2 nitrogen and oxygen atoms in total. The lowest BCUT2D eigenvalue weighted by Gasteiger charge is -2.32. The summed E-state index contributed by atoms with van der Waals surface area (Å²) in [6.07, 6.45) is 2.36. The Kier molecular flexibility index (Phi) is 7.43. The third kappa shape index (κ3) is 5.54. The Morgan fingerprint density at radius 2 is 1.54 bits per heavy atom. The number of benzene rings is 3. The molecule has 0 amide bonds. The number of ether oxygens (including phenoxy) is 1. The van der Waals surface area contributed by atoms with Crippen LogP contribution in [-0.2, 0) is 17.9 Å². The highest BCUT2D eigenvalue weighted by molar-refractivity contribution is 5.85. The van der Waals surface area contributed by atoms with Gasteiger partial charge in [-0.1, -0.05) is 48.5 Å². The molecule has 0 N–H and O–H groups in total. The van der Waals surface area contributed by atoms with Crippen LogP contribution in [0.5, 0.6) is 0 Å². The van der Waals surface area contributed by atoms with Crippen LogP contribution in [0.3, 0.4) is 0 Å². The normalized spacial score (nSPS) is 15.5.